The van der Waals surface area contributed by atoms with Crippen molar-refractivity contribution < 1.29 is 18.3 Å². The van der Waals surface area contributed by atoms with Crippen molar-refractivity contribution in [2.75, 3.05) is 0 Å². The van der Waals surface area contributed by atoms with Gasteiger partial charge in [-0.3, -0.25) is 4.79 Å². The Morgan fingerprint density at radius 3 is 2.50 bits per heavy atom. The zero-order valence-electron chi connectivity index (χ0n) is 10.9. The number of sulfonamides is 1. The second kappa shape index (κ2) is 6.89. The van der Waals surface area contributed by atoms with Crippen molar-refractivity contribution in [1.29, 1.82) is 0 Å². The molecule has 1 aromatic carbocycles. The molecule has 0 unspecified atom stereocenters. The lowest BCUT2D eigenvalue weighted by Crippen LogP contribution is -2.41. The fraction of sp³-hybridized carbons (Fsp3) is 0.417. The summed E-state index contributed by atoms with van der Waals surface area (Å²) in [5, 5.41) is 9.11. The van der Waals surface area contributed by atoms with Crippen LogP contribution in [0.5, 0.6) is 0 Å². The van der Waals surface area contributed by atoms with Crippen LogP contribution in [0.2, 0.25) is 5.02 Å². The highest BCUT2D eigenvalue weighted by molar-refractivity contribution is 9.10. The molecule has 0 aliphatic carbocycles. The van der Waals surface area contributed by atoms with E-state index < -0.39 is 22.0 Å². The van der Waals surface area contributed by atoms with Gasteiger partial charge in [0.1, 0.15) is 10.9 Å². The highest BCUT2D eigenvalue weighted by Gasteiger charge is 2.27. The summed E-state index contributed by atoms with van der Waals surface area (Å²) >= 11 is 9.06. The minimum Gasteiger partial charge on any atom is -0.480 e. The standard InChI is InChI=1S/C12H15BrClNO4S/c1-7(2)5-10(12(16)17)15-20(18,19)11-4-3-8(13)6-9(11)14/h3-4,6-7,10,15H,5H2,1-2H3,(H,16,17)/t10-/m0/s1. The molecule has 2 N–H and O–H groups in total. The maximum atomic E-state index is 12.2. The summed E-state index contributed by atoms with van der Waals surface area (Å²) in [6.07, 6.45) is 0.197. The summed E-state index contributed by atoms with van der Waals surface area (Å²) in [6, 6.07) is 3.11. The molecule has 0 fully saturated rings. The monoisotopic (exact) mass is 383 g/mol. The minimum absolute atomic E-state index is 0.0283. The molecule has 112 valence electrons. The van der Waals surface area contributed by atoms with Crippen LogP contribution >= 0.6 is 27.5 Å². The lowest BCUT2D eigenvalue weighted by atomic mass is 10.1. The Hall–Kier alpha value is -0.630. The van der Waals surface area contributed by atoms with Gasteiger partial charge < -0.3 is 5.11 Å². The predicted octanol–water partition coefficient (Wildman–Crippen LogP) is 2.88. The highest BCUT2D eigenvalue weighted by atomic mass is 79.9. The number of nitrogens with one attached hydrogen (secondary N) is 1. The molecule has 0 aromatic heterocycles. The molecule has 0 aliphatic heterocycles. The zero-order chi connectivity index (χ0) is 15.5. The Labute approximate surface area is 131 Å². The number of hydrogen-bond donors (Lipinski definition) is 2. The van der Waals surface area contributed by atoms with E-state index in [-0.39, 0.29) is 22.3 Å². The van der Waals surface area contributed by atoms with Gasteiger partial charge in [-0.05, 0) is 30.5 Å². The van der Waals surface area contributed by atoms with Gasteiger partial charge in [-0.15, -0.1) is 0 Å². The van der Waals surface area contributed by atoms with Crippen molar-refractivity contribution in [3.63, 3.8) is 0 Å². The van der Waals surface area contributed by atoms with Gasteiger partial charge >= 0.3 is 5.97 Å². The quantitative estimate of drug-likeness (QED) is 0.790. The van der Waals surface area contributed by atoms with Crippen LogP contribution in [0.3, 0.4) is 0 Å². The molecule has 0 spiro atoms. The highest BCUT2D eigenvalue weighted by Crippen LogP contribution is 2.25. The summed E-state index contributed by atoms with van der Waals surface area (Å²) in [5.41, 5.74) is 0. The van der Waals surface area contributed by atoms with Crippen LogP contribution in [0.1, 0.15) is 20.3 Å². The van der Waals surface area contributed by atoms with Crippen LogP contribution < -0.4 is 4.72 Å². The number of aliphatic carboxylic acids is 1. The first-order chi connectivity index (χ1) is 9.13. The van der Waals surface area contributed by atoms with Crippen molar-refractivity contribution in [2.24, 2.45) is 5.92 Å². The van der Waals surface area contributed by atoms with Crippen LogP contribution in [0.25, 0.3) is 0 Å². The molecule has 0 saturated heterocycles. The third-order valence-corrected chi connectivity index (χ3v) is 4.93. The SMILES string of the molecule is CC(C)C[C@H](NS(=O)(=O)c1ccc(Br)cc1Cl)C(=O)O. The average Bonchev–Trinajstić information content (AvgIpc) is 2.26. The Morgan fingerprint density at radius 2 is 2.05 bits per heavy atom. The van der Waals surface area contributed by atoms with E-state index >= 15 is 0 Å². The fourth-order valence-corrected chi connectivity index (χ4v) is 3.85. The summed E-state index contributed by atoms with van der Waals surface area (Å²) < 4.78 is 27.2. The molecule has 1 aromatic rings. The third kappa shape index (κ3) is 4.73. The van der Waals surface area contributed by atoms with Gasteiger partial charge in [-0.1, -0.05) is 41.4 Å². The van der Waals surface area contributed by atoms with Gasteiger partial charge in [0, 0.05) is 4.47 Å². The van der Waals surface area contributed by atoms with E-state index in [0.717, 1.165) is 0 Å². The fourth-order valence-electron chi connectivity index (χ4n) is 1.61. The first-order valence-corrected chi connectivity index (χ1v) is 8.49. The minimum atomic E-state index is -3.98. The summed E-state index contributed by atoms with van der Waals surface area (Å²) in [6.45, 7) is 3.63. The Kier molecular flexibility index (Phi) is 6.00. The normalized spacial score (nSPS) is 13.4. The molecule has 0 aliphatic rings. The zero-order valence-corrected chi connectivity index (χ0v) is 14.1. The second-order valence-electron chi connectivity index (χ2n) is 4.72. The van der Waals surface area contributed by atoms with Crippen LogP contribution in [0.15, 0.2) is 27.6 Å². The molecule has 0 amide bonds. The number of benzene rings is 1. The van der Waals surface area contributed by atoms with E-state index in [1.807, 2.05) is 13.8 Å². The molecular weight excluding hydrogens is 370 g/mol. The maximum absolute atomic E-state index is 12.2. The number of carboxylic acids is 1. The molecule has 1 atom stereocenters. The largest absolute Gasteiger partial charge is 0.480 e. The average molecular weight is 385 g/mol. The van der Waals surface area contributed by atoms with E-state index in [9.17, 15) is 13.2 Å². The molecule has 0 saturated carbocycles. The molecule has 8 heteroatoms. The van der Waals surface area contributed by atoms with E-state index in [2.05, 4.69) is 20.7 Å². The second-order valence-corrected chi connectivity index (χ2v) is 7.72. The Morgan fingerprint density at radius 1 is 1.45 bits per heavy atom. The lowest BCUT2D eigenvalue weighted by Gasteiger charge is -2.17. The van der Waals surface area contributed by atoms with Gasteiger partial charge in [0.05, 0.1) is 5.02 Å². The molecule has 0 bridgehead atoms. The Bertz CT molecular complexity index is 603. The molecular formula is C12H15BrClNO4S. The van der Waals surface area contributed by atoms with Gasteiger partial charge in [-0.2, -0.15) is 4.72 Å². The topological polar surface area (TPSA) is 83.5 Å². The van der Waals surface area contributed by atoms with Crippen molar-refractivity contribution in [2.45, 2.75) is 31.2 Å². The maximum Gasteiger partial charge on any atom is 0.321 e. The van der Waals surface area contributed by atoms with Crippen molar-refractivity contribution >= 4 is 43.5 Å². The first kappa shape index (κ1) is 17.4. The van der Waals surface area contributed by atoms with Crippen LogP contribution in [-0.4, -0.2) is 25.5 Å². The van der Waals surface area contributed by atoms with E-state index in [1.165, 1.54) is 18.2 Å². The first-order valence-electron chi connectivity index (χ1n) is 5.83. The van der Waals surface area contributed by atoms with Crippen molar-refractivity contribution in [3.05, 3.63) is 27.7 Å². The molecule has 5 nitrogen and oxygen atoms in total. The number of halogens is 2. The van der Waals surface area contributed by atoms with Gasteiger partial charge in [-0.25, -0.2) is 8.42 Å². The van der Waals surface area contributed by atoms with Crippen LogP contribution in [0, 0.1) is 5.92 Å². The molecule has 20 heavy (non-hydrogen) atoms. The van der Waals surface area contributed by atoms with Crippen molar-refractivity contribution in [3.8, 4) is 0 Å². The smallest absolute Gasteiger partial charge is 0.321 e. The number of carbonyl (C=O) groups is 1. The van der Waals surface area contributed by atoms with Crippen LogP contribution in [0.4, 0.5) is 0 Å². The van der Waals surface area contributed by atoms with Gasteiger partial charge in [0.2, 0.25) is 10.0 Å². The summed E-state index contributed by atoms with van der Waals surface area (Å²) in [5.74, 6) is -1.17. The number of carboxylic acid groups (broad SMARTS) is 1. The number of hydrogen-bond acceptors (Lipinski definition) is 3. The predicted molar refractivity (Wildman–Crippen MR) is 80.4 cm³/mol. The van der Waals surface area contributed by atoms with E-state index in [0.29, 0.717) is 4.47 Å². The van der Waals surface area contributed by atoms with Gasteiger partial charge in [0.25, 0.3) is 0 Å². The van der Waals surface area contributed by atoms with Crippen LogP contribution in [-0.2, 0) is 14.8 Å². The third-order valence-electron chi connectivity index (χ3n) is 2.49. The lowest BCUT2D eigenvalue weighted by molar-refractivity contribution is -0.139. The molecule has 0 heterocycles. The van der Waals surface area contributed by atoms with E-state index in [1.54, 1.807) is 0 Å². The summed E-state index contributed by atoms with van der Waals surface area (Å²) in [4.78, 5) is 11.0. The van der Waals surface area contributed by atoms with E-state index in [4.69, 9.17) is 16.7 Å². The Balaban J connectivity index is 3.06. The van der Waals surface area contributed by atoms with Gasteiger partial charge in [0.15, 0.2) is 0 Å². The molecule has 0 radical (unpaired) electrons. The summed E-state index contributed by atoms with van der Waals surface area (Å²) in [7, 11) is -3.98. The number of rotatable bonds is 6. The molecule has 1 rings (SSSR count). The van der Waals surface area contributed by atoms with Crippen molar-refractivity contribution in [1.82, 2.24) is 4.72 Å².